The standard InChI is InChI=1S/C18H15N2.C13H12N.Ir/c1-18(2)12-11-13-9-6-10-15-16(13)20(18)17(19-15)14-7-4-3-5-8-14;1-10-3-6-12(7-4-10)13-8-5-11(2)9-14-13;/h3-7,9-12H,1-2H3;3-6,8-9H,1-2H3;/q2*-1;. The second-order valence-corrected chi connectivity index (χ2v) is 9.25. The topological polar surface area (TPSA) is 30.7 Å². The molecule has 0 amide bonds. The Bertz CT molecular complexity index is 1420. The van der Waals surface area contributed by atoms with Gasteiger partial charge in [-0.3, -0.25) is 4.98 Å². The van der Waals surface area contributed by atoms with Gasteiger partial charge in [-0.15, -0.1) is 71.3 Å². The fourth-order valence-electron chi connectivity index (χ4n) is 4.22. The third-order valence-corrected chi connectivity index (χ3v) is 6.06. The molecule has 0 spiro atoms. The number of hydrogen-bond donors (Lipinski definition) is 0. The van der Waals surface area contributed by atoms with Crippen molar-refractivity contribution in [3.8, 4) is 22.6 Å². The van der Waals surface area contributed by atoms with Crippen LogP contribution in [0.3, 0.4) is 0 Å². The van der Waals surface area contributed by atoms with Gasteiger partial charge in [0.1, 0.15) is 0 Å². The van der Waals surface area contributed by atoms with Crippen LogP contribution < -0.4 is 0 Å². The fraction of sp³-hybridized carbons (Fsp3) is 0.161. The molecule has 3 heterocycles. The predicted octanol–water partition coefficient (Wildman–Crippen LogP) is 7.43. The molecule has 1 radical (unpaired) electrons. The van der Waals surface area contributed by atoms with E-state index in [4.69, 9.17) is 4.98 Å². The number of imidazole rings is 1. The normalized spacial score (nSPS) is 13.0. The summed E-state index contributed by atoms with van der Waals surface area (Å²) in [5.74, 6) is 0.988. The van der Waals surface area contributed by atoms with Crippen molar-refractivity contribution in [3.63, 3.8) is 0 Å². The van der Waals surface area contributed by atoms with Crippen LogP contribution in [-0.2, 0) is 25.6 Å². The number of allylic oxidation sites excluding steroid dienone is 1. The maximum absolute atomic E-state index is 4.84. The Morgan fingerprint density at radius 2 is 1.66 bits per heavy atom. The number of rotatable bonds is 2. The van der Waals surface area contributed by atoms with Gasteiger partial charge in [0.2, 0.25) is 0 Å². The Kier molecular flexibility index (Phi) is 7.16. The largest absolute Gasteiger partial charge is 0.355 e. The molecule has 4 heteroatoms. The van der Waals surface area contributed by atoms with E-state index in [1.165, 1.54) is 22.2 Å². The molecule has 0 bridgehead atoms. The van der Waals surface area contributed by atoms with E-state index >= 15 is 0 Å². The number of benzene rings is 3. The van der Waals surface area contributed by atoms with Crippen molar-refractivity contribution in [1.82, 2.24) is 14.5 Å². The quantitative estimate of drug-likeness (QED) is 0.190. The average molecular weight is 634 g/mol. The molecular weight excluding hydrogens is 607 g/mol. The van der Waals surface area contributed by atoms with Gasteiger partial charge in [0.05, 0.1) is 22.4 Å². The Hall–Kier alpha value is -3.33. The summed E-state index contributed by atoms with van der Waals surface area (Å²) in [5, 5.41) is 0. The zero-order valence-electron chi connectivity index (χ0n) is 20.3. The number of para-hydroxylation sites is 1. The Balaban J connectivity index is 0.000000171. The van der Waals surface area contributed by atoms with Crippen molar-refractivity contribution in [2.24, 2.45) is 0 Å². The van der Waals surface area contributed by atoms with Crippen LogP contribution in [0.5, 0.6) is 0 Å². The smallest absolute Gasteiger partial charge is 0.0777 e. The monoisotopic (exact) mass is 634 g/mol. The molecule has 3 aromatic carbocycles. The first kappa shape index (κ1) is 24.8. The Morgan fingerprint density at radius 1 is 0.829 bits per heavy atom. The van der Waals surface area contributed by atoms with Crippen LogP contribution in [0.25, 0.3) is 39.8 Å². The van der Waals surface area contributed by atoms with E-state index in [9.17, 15) is 0 Å². The zero-order chi connectivity index (χ0) is 23.7. The summed E-state index contributed by atoms with van der Waals surface area (Å²) in [7, 11) is 0. The molecule has 2 aromatic heterocycles. The number of pyridine rings is 1. The molecule has 3 nitrogen and oxygen atoms in total. The summed E-state index contributed by atoms with van der Waals surface area (Å²) in [4.78, 5) is 9.19. The van der Waals surface area contributed by atoms with Crippen LogP contribution in [0, 0.1) is 26.0 Å². The first-order valence-electron chi connectivity index (χ1n) is 11.5. The second kappa shape index (κ2) is 10.1. The molecule has 177 valence electrons. The zero-order valence-corrected chi connectivity index (χ0v) is 22.7. The van der Waals surface area contributed by atoms with E-state index in [1.807, 2.05) is 49.5 Å². The van der Waals surface area contributed by atoms with Gasteiger partial charge in [0, 0.05) is 26.3 Å². The number of aryl methyl sites for hydroxylation is 2. The van der Waals surface area contributed by atoms with Crippen molar-refractivity contribution >= 4 is 17.1 Å². The minimum absolute atomic E-state index is 0. The van der Waals surface area contributed by atoms with Crippen LogP contribution in [0.15, 0.2) is 85.1 Å². The molecule has 0 atom stereocenters. The van der Waals surface area contributed by atoms with Crippen LogP contribution in [0.4, 0.5) is 0 Å². The maximum Gasteiger partial charge on any atom is 0.0777 e. The van der Waals surface area contributed by atoms with Gasteiger partial charge >= 0.3 is 0 Å². The van der Waals surface area contributed by atoms with Gasteiger partial charge < -0.3 is 9.55 Å². The molecule has 0 fully saturated rings. The molecule has 0 saturated carbocycles. The van der Waals surface area contributed by atoms with Crippen LogP contribution in [0.2, 0.25) is 0 Å². The van der Waals surface area contributed by atoms with Gasteiger partial charge in [-0.1, -0.05) is 43.3 Å². The molecule has 0 unspecified atom stereocenters. The Morgan fingerprint density at radius 3 is 2.34 bits per heavy atom. The minimum Gasteiger partial charge on any atom is -0.355 e. The third kappa shape index (κ3) is 5.05. The molecule has 0 saturated heterocycles. The van der Waals surface area contributed by atoms with Gasteiger partial charge in [0.25, 0.3) is 0 Å². The third-order valence-electron chi connectivity index (χ3n) is 6.06. The summed E-state index contributed by atoms with van der Waals surface area (Å²) < 4.78 is 2.32. The molecule has 1 aliphatic heterocycles. The molecule has 0 N–H and O–H groups in total. The van der Waals surface area contributed by atoms with Crippen molar-refractivity contribution in [1.29, 1.82) is 0 Å². The average Bonchev–Trinajstić information content (AvgIpc) is 3.26. The van der Waals surface area contributed by atoms with E-state index in [2.05, 4.69) is 91.0 Å². The number of nitrogens with zero attached hydrogens (tertiary/aromatic N) is 3. The predicted molar refractivity (Wildman–Crippen MR) is 140 cm³/mol. The minimum atomic E-state index is -0.0812. The molecule has 35 heavy (non-hydrogen) atoms. The van der Waals surface area contributed by atoms with Crippen molar-refractivity contribution in [2.45, 2.75) is 33.2 Å². The Labute approximate surface area is 220 Å². The number of hydrogen-bond acceptors (Lipinski definition) is 2. The van der Waals surface area contributed by atoms with E-state index in [1.54, 1.807) is 0 Å². The number of aromatic nitrogens is 3. The second-order valence-electron chi connectivity index (χ2n) is 9.25. The SMILES string of the molecule is CC1(C)C=Cc2cccc3nc(-c4[c-]cccc4)n1c23.Cc1c[c-]c(-c2ccc(C)cn2)cc1.[Ir]. The maximum atomic E-state index is 4.84. The van der Waals surface area contributed by atoms with Gasteiger partial charge in [-0.25, -0.2) is 0 Å². The van der Waals surface area contributed by atoms with Crippen molar-refractivity contribution in [3.05, 3.63) is 114 Å². The summed E-state index contributed by atoms with van der Waals surface area (Å²) in [6.45, 7) is 8.53. The summed E-state index contributed by atoms with van der Waals surface area (Å²) >= 11 is 0. The van der Waals surface area contributed by atoms with E-state index in [0.29, 0.717) is 0 Å². The van der Waals surface area contributed by atoms with E-state index in [0.717, 1.165) is 28.2 Å². The van der Waals surface area contributed by atoms with Gasteiger partial charge in [0.15, 0.2) is 0 Å². The van der Waals surface area contributed by atoms with Crippen molar-refractivity contribution in [2.75, 3.05) is 0 Å². The van der Waals surface area contributed by atoms with Crippen LogP contribution in [-0.4, -0.2) is 14.5 Å². The van der Waals surface area contributed by atoms with E-state index < -0.39 is 0 Å². The van der Waals surface area contributed by atoms with Crippen LogP contribution >= 0.6 is 0 Å². The summed E-state index contributed by atoms with van der Waals surface area (Å²) in [6, 6.07) is 31.0. The summed E-state index contributed by atoms with van der Waals surface area (Å²) in [6.07, 6.45) is 6.31. The first-order valence-corrected chi connectivity index (χ1v) is 11.5. The van der Waals surface area contributed by atoms with Crippen molar-refractivity contribution < 1.29 is 20.1 Å². The van der Waals surface area contributed by atoms with E-state index in [-0.39, 0.29) is 25.6 Å². The summed E-state index contributed by atoms with van der Waals surface area (Å²) in [5.41, 5.74) is 8.89. The fourth-order valence-corrected chi connectivity index (χ4v) is 4.22. The molecule has 6 rings (SSSR count). The van der Waals surface area contributed by atoms with Gasteiger partial charge in [-0.2, -0.15) is 0 Å². The molecule has 0 aliphatic carbocycles. The molecule has 5 aromatic rings. The van der Waals surface area contributed by atoms with Crippen LogP contribution in [0.1, 0.15) is 30.5 Å². The van der Waals surface area contributed by atoms with Gasteiger partial charge in [-0.05, 0) is 43.7 Å². The molecular formula is C31H27IrN3-2. The molecule has 1 aliphatic rings. The first-order chi connectivity index (χ1) is 16.4.